The molecule has 1 fully saturated rings. The number of hydrogen-bond acceptors (Lipinski definition) is 10. The van der Waals surface area contributed by atoms with Crippen LogP contribution in [0.1, 0.15) is 297 Å². The maximum absolute atomic E-state index is 13.4. The molecule has 0 aliphatic carbocycles. The Morgan fingerprint density at radius 2 is 0.847 bits per heavy atom. The summed E-state index contributed by atoms with van der Waals surface area (Å²) in [5.74, 6) is -1.28. The summed E-state index contributed by atoms with van der Waals surface area (Å²) in [4.78, 5) is 26.6. The second kappa shape index (κ2) is 60.8. The van der Waals surface area contributed by atoms with E-state index in [4.69, 9.17) is 14.2 Å². The van der Waals surface area contributed by atoms with Crippen molar-refractivity contribution in [1.82, 2.24) is 5.32 Å². The average Bonchev–Trinajstić information content (AvgIpc) is 3.21. The van der Waals surface area contributed by atoms with Crippen LogP contribution in [0.3, 0.4) is 0 Å². The molecule has 0 spiro atoms. The van der Waals surface area contributed by atoms with Crippen molar-refractivity contribution in [3.8, 4) is 0 Å². The molecule has 8 unspecified atom stereocenters. The number of ether oxygens (including phenoxy) is 3. The molecule has 11 heteroatoms. The molecule has 1 heterocycles. The van der Waals surface area contributed by atoms with Crippen LogP contribution < -0.4 is 5.32 Å². The van der Waals surface area contributed by atoms with Crippen LogP contribution in [0.25, 0.3) is 0 Å². The molecule has 11 nitrogen and oxygen atoms in total. The van der Waals surface area contributed by atoms with Gasteiger partial charge in [0, 0.05) is 12.8 Å². The van der Waals surface area contributed by atoms with Crippen LogP contribution in [0.15, 0.2) is 97.2 Å². The number of carbonyl (C=O) groups excluding carboxylic acids is 2. The smallest absolute Gasteiger partial charge is 0.306 e. The van der Waals surface area contributed by atoms with E-state index in [1.165, 1.54) is 173 Å². The predicted molar refractivity (Wildman–Crippen MR) is 356 cm³/mol. The summed E-state index contributed by atoms with van der Waals surface area (Å²) in [6.07, 6.45) is 71.9. The molecule has 1 aliphatic rings. The molecule has 0 aromatic carbocycles. The lowest BCUT2D eigenvalue weighted by molar-refractivity contribution is -0.305. The Bertz CT molecular complexity index is 1750. The molecule has 0 radical (unpaired) electrons. The van der Waals surface area contributed by atoms with Gasteiger partial charge in [-0.05, 0) is 83.5 Å². The maximum atomic E-state index is 13.4. The Hall–Kier alpha value is -3.42. The van der Waals surface area contributed by atoms with Gasteiger partial charge in [0.05, 0.1) is 25.4 Å². The van der Waals surface area contributed by atoms with E-state index in [1.54, 1.807) is 12.2 Å². The number of nitrogens with one attached hydrogen (secondary N) is 1. The van der Waals surface area contributed by atoms with E-state index < -0.39 is 67.4 Å². The van der Waals surface area contributed by atoms with E-state index in [1.807, 2.05) is 18.2 Å². The molecule has 0 aromatic heterocycles. The molecule has 85 heavy (non-hydrogen) atoms. The number of aliphatic hydroxyl groups excluding tert-OH is 5. The zero-order valence-electron chi connectivity index (χ0n) is 54.5. The van der Waals surface area contributed by atoms with Gasteiger partial charge in [0.15, 0.2) is 12.4 Å². The van der Waals surface area contributed by atoms with E-state index in [2.05, 4.69) is 92.9 Å². The molecule has 1 saturated heterocycles. The Labute approximate surface area is 520 Å². The lowest BCUT2D eigenvalue weighted by Crippen LogP contribution is -2.61. The topological polar surface area (TPSA) is 175 Å². The molecule has 1 rings (SSSR count). The van der Waals surface area contributed by atoms with E-state index in [0.717, 1.165) is 77.0 Å². The van der Waals surface area contributed by atoms with Crippen molar-refractivity contribution in [1.29, 1.82) is 0 Å². The molecular weight excluding hydrogens is 1060 g/mol. The zero-order valence-corrected chi connectivity index (χ0v) is 54.5. The Morgan fingerprint density at radius 3 is 1.26 bits per heavy atom. The molecular formula is C74H129NO10. The van der Waals surface area contributed by atoms with Crippen LogP contribution in [0, 0.1) is 0 Å². The maximum Gasteiger partial charge on any atom is 0.306 e. The van der Waals surface area contributed by atoms with E-state index in [0.29, 0.717) is 12.8 Å². The largest absolute Gasteiger partial charge is 0.454 e. The first-order valence-corrected chi connectivity index (χ1v) is 35.0. The van der Waals surface area contributed by atoms with E-state index in [-0.39, 0.29) is 19.4 Å². The molecule has 8 atom stereocenters. The van der Waals surface area contributed by atoms with Crippen molar-refractivity contribution >= 4 is 11.9 Å². The summed E-state index contributed by atoms with van der Waals surface area (Å²) in [6, 6.07) is -1.07. The Morgan fingerprint density at radius 1 is 0.471 bits per heavy atom. The third kappa shape index (κ3) is 48.2. The molecule has 0 bridgehead atoms. The van der Waals surface area contributed by atoms with Crippen molar-refractivity contribution in [2.24, 2.45) is 0 Å². The zero-order chi connectivity index (χ0) is 61.7. The van der Waals surface area contributed by atoms with Crippen molar-refractivity contribution < 1.29 is 49.3 Å². The second-order valence-corrected chi connectivity index (χ2v) is 23.9. The number of amides is 1. The highest BCUT2D eigenvalue weighted by atomic mass is 16.7. The van der Waals surface area contributed by atoms with E-state index >= 15 is 0 Å². The fourth-order valence-electron chi connectivity index (χ4n) is 10.5. The molecule has 0 saturated carbocycles. The number of aliphatic hydroxyl groups is 5. The van der Waals surface area contributed by atoms with Gasteiger partial charge in [0.2, 0.25) is 5.91 Å². The summed E-state index contributed by atoms with van der Waals surface area (Å²) in [7, 11) is 0. The van der Waals surface area contributed by atoms with Crippen LogP contribution >= 0.6 is 0 Å². The monoisotopic (exact) mass is 1190 g/mol. The van der Waals surface area contributed by atoms with Crippen LogP contribution in [0.4, 0.5) is 0 Å². The highest BCUT2D eigenvalue weighted by Crippen LogP contribution is 2.26. The SMILES string of the molecule is CC/C=C\C/C=C\C/C=C\C/C=C\C/C=C\C/C=C\CC(O)C(=O)NC(COC1OC(CO)C(O)C(O)C1OC(=O)CCCCCCCCCCCCCCCCC/C=C/CCCCCCCC)C(O)/C=C/CCCCCCCCCCCCC. The van der Waals surface area contributed by atoms with Crippen molar-refractivity contribution in [3.63, 3.8) is 0 Å². The normalized spacial score (nSPS) is 19.0. The summed E-state index contributed by atoms with van der Waals surface area (Å²) >= 11 is 0. The number of esters is 1. The highest BCUT2D eigenvalue weighted by Gasteiger charge is 2.47. The third-order valence-electron chi connectivity index (χ3n) is 16.0. The van der Waals surface area contributed by atoms with Crippen molar-refractivity contribution in [3.05, 3.63) is 97.2 Å². The second-order valence-electron chi connectivity index (χ2n) is 23.9. The standard InChI is InChI=1S/C74H129NO10/c1-4-7-10-13-16-19-22-25-27-29-31-32-33-34-35-36-37-39-41-44-47-50-53-56-59-62-69(79)85-72-71(81)70(80)68(63-76)84-74(72)83-64-65(66(77)60-57-54-51-48-45-42-24-21-18-15-12-9-6-3)75-73(82)67(78)61-58-55-52-49-46-43-40-38-30-28-26-23-20-17-14-11-8-5-2/h8,11,17,20,25-28,38,40,46,49,55,57-58,60,65-68,70-72,74,76-78,80-81H,4-7,9-10,12-16,18-19,21-24,29-37,39,41-45,47-48,50-54,56,59,61-64H2,1-3H3,(H,75,82)/b11-8-,20-17-,27-25+,28-26-,40-38-,49-46-,58-55-,60-57+. The Balaban J connectivity index is 2.63. The van der Waals surface area contributed by atoms with Gasteiger partial charge < -0.3 is 45.1 Å². The Kier molecular flexibility index (Phi) is 57.0. The predicted octanol–water partition coefficient (Wildman–Crippen LogP) is 17.8. The minimum atomic E-state index is -1.63. The quantitative estimate of drug-likeness (QED) is 0.0195. The van der Waals surface area contributed by atoms with Crippen molar-refractivity contribution in [2.45, 2.75) is 346 Å². The van der Waals surface area contributed by atoms with Crippen LogP contribution in [0.2, 0.25) is 0 Å². The van der Waals surface area contributed by atoms with Gasteiger partial charge in [-0.2, -0.15) is 0 Å². The summed E-state index contributed by atoms with van der Waals surface area (Å²) in [5, 5.41) is 57.1. The van der Waals surface area contributed by atoms with Crippen LogP contribution in [-0.4, -0.2) is 99.6 Å². The first-order chi connectivity index (χ1) is 41.7. The molecule has 1 aliphatic heterocycles. The van der Waals surface area contributed by atoms with Crippen molar-refractivity contribution in [2.75, 3.05) is 13.2 Å². The third-order valence-corrected chi connectivity index (χ3v) is 16.0. The lowest BCUT2D eigenvalue weighted by atomic mass is 9.99. The fourth-order valence-corrected chi connectivity index (χ4v) is 10.5. The van der Waals surface area contributed by atoms with Crippen LogP contribution in [0.5, 0.6) is 0 Å². The first-order valence-electron chi connectivity index (χ1n) is 35.0. The number of unbranched alkanes of at least 4 members (excludes halogenated alkanes) is 32. The molecule has 0 aromatic rings. The number of rotatable bonds is 59. The minimum absolute atomic E-state index is 0.0550. The van der Waals surface area contributed by atoms with Gasteiger partial charge in [-0.25, -0.2) is 0 Å². The summed E-state index contributed by atoms with van der Waals surface area (Å²) in [6.45, 7) is 5.65. The lowest BCUT2D eigenvalue weighted by Gasteiger charge is -2.41. The molecule has 490 valence electrons. The summed E-state index contributed by atoms with van der Waals surface area (Å²) < 4.78 is 17.7. The van der Waals surface area contributed by atoms with E-state index in [9.17, 15) is 35.1 Å². The van der Waals surface area contributed by atoms with Gasteiger partial charge >= 0.3 is 5.97 Å². The number of hydrogen-bond donors (Lipinski definition) is 6. The fraction of sp³-hybridized carbons (Fsp3) is 0.757. The minimum Gasteiger partial charge on any atom is -0.454 e. The molecule has 1 amide bonds. The van der Waals surface area contributed by atoms with Crippen LogP contribution in [-0.2, 0) is 23.8 Å². The van der Waals surface area contributed by atoms with Gasteiger partial charge in [-0.1, -0.05) is 298 Å². The number of allylic oxidation sites excluding steroid dienone is 14. The highest BCUT2D eigenvalue weighted by molar-refractivity contribution is 5.81. The van der Waals surface area contributed by atoms with Gasteiger partial charge in [0.1, 0.15) is 24.4 Å². The van der Waals surface area contributed by atoms with Gasteiger partial charge in [-0.15, -0.1) is 0 Å². The van der Waals surface area contributed by atoms with Gasteiger partial charge in [0.25, 0.3) is 0 Å². The summed E-state index contributed by atoms with van der Waals surface area (Å²) in [5.41, 5.74) is 0. The average molecular weight is 1190 g/mol. The molecule has 6 N–H and O–H groups in total. The van der Waals surface area contributed by atoms with Gasteiger partial charge in [-0.3, -0.25) is 9.59 Å². The first kappa shape index (κ1) is 79.6. The number of carbonyl (C=O) groups is 2.